The molecule has 0 saturated heterocycles. The minimum Gasteiger partial charge on any atom is -0.467 e. The number of nitrogens with zero attached hydrogens (tertiary/aromatic N) is 3. The fourth-order valence-corrected chi connectivity index (χ4v) is 2.58. The number of nitrogen functional groups attached to an aromatic ring is 1. The molecule has 0 fully saturated rings. The van der Waals surface area contributed by atoms with Crippen molar-refractivity contribution in [1.29, 1.82) is 0 Å². The van der Waals surface area contributed by atoms with Crippen LogP contribution in [0.3, 0.4) is 0 Å². The Morgan fingerprint density at radius 2 is 2.11 bits per heavy atom. The molecular formula is C14H16N4O. The fraction of sp³-hybridized carbons (Fsp3) is 0.286. The number of anilines is 1. The third-order valence-corrected chi connectivity index (χ3v) is 3.71. The fourth-order valence-electron chi connectivity index (χ4n) is 2.58. The number of aromatic nitrogens is 3. The number of rotatable bonds is 2. The van der Waals surface area contributed by atoms with Crippen molar-refractivity contribution in [2.75, 3.05) is 5.73 Å². The van der Waals surface area contributed by atoms with Gasteiger partial charge >= 0.3 is 0 Å². The number of nitrogens with two attached hydrogens (primary N) is 1. The topological polar surface area (TPSA) is 69.9 Å². The van der Waals surface area contributed by atoms with Crippen molar-refractivity contribution in [3.63, 3.8) is 0 Å². The first-order valence-electron chi connectivity index (χ1n) is 6.22. The molecule has 1 unspecified atom stereocenters. The van der Waals surface area contributed by atoms with E-state index >= 15 is 0 Å². The molecule has 3 rings (SSSR count). The van der Waals surface area contributed by atoms with Gasteiger partial charge in [-0.25, -0.2) is 9.97 Å². The van der Waals surface area contributed by atoms with Gasteiger partial charge in [0.25, 0.3) is 0 Å². The predicted molar refractivity (Wildman–Crippen MR) is 73.9 cm³/mol. The summed E-state index contributed by atoms with van der Waals surface area (Å²) in [5.74, 6) is 1.42. The molecule has 0 bridgehead atoms. The Morgan fingerprint density at radius 1 is 1.32 bits per heavy atom. The van der Waals surface area contributed by atoms with Crippen molar-refractivity contribution in [3.05, 3.63) is 41.7 Å². The van der Waals surface area contributed by atoms with Crippen LogP contribution in [0.5, 0.6) is 0 Å². The molecule has 0 radical (unpaired) electrons. The average molecular weight is 256 g/mol. The zero-order valence-corrected chi connectivity index (χ0v) is 11.2. The molecule has 0 aliphatic carbocycles. The Labute approximate surface area is 111 Å². The second-order valence-corrected chi connectivity index (χ2v) is 4.73. The number of hydrogen-bond donors (Lipinski definition) is 1. The van der Waals surface area contributed by atoms with Crippen LogP contribution >= 0.6 is 0 Å². The Kier molecular flexibility index (Phi) is 2.55. The summed E-state index contributed by atoms with van der Waals surface area (Å²) in [4.78, 5) is 8.46. The molecule has 3 aromatic heterocycles. The first kappa shape index (κ1) is 11.8. The monoisotopic (exact) mass is 256 g/mol. The van der Waals surface area contributed by atoms with Gasteiger partial charge in [0.05, 0.1) is 17.7 Å². The standard InChI is InChI=1S/C14H16N4O/c1-8-9(2)18(10(3)11-5-4-6-19-11)14-12(8)13(15)16-7-17-14/h4-7,10H,1-3H3,(H2,15,16,17). The predicted octanol–water partition coefficient (Wildman–Crippen LogP) is 2.83. The van der Waals surface area contributed by atoms with E-state index in [1.165, 1.54) is 6.33 Å². The zero-order valence-electron chi connectivity index (χ0n) is 11.2. The molecule has 5 heteroatoms. The Bertz CT molecular complexity index is 728. The Morgan fingerprint density at radius 3 is 2.79 bits per heavy atom. The van der Waals surface area contributed by atoms with E-state index in [0.29, 0.717) is 5.82 Å². The third kappa shape index (κ3) is 1.62. The van der Waals surface area contributed by atoms with Gasteiger partial charge in [-0.05, 0) is 38.5 Å². The van der Waals surface area contributed by atoms with Gasteiger partial charge in [-0.1, -0.05) is 0 Å². The van der Waals surface area contributed by atoms with E-state index in [4.69, 9.17) is 10.2 Å². The Hall–Kier alpha value is -2.30. The van der Waals surface area contributed by atoms with Gasteiger partial charge in [0.15, 0.2) is 0 Å². The quantitative estimate of drug-likeness (QED) is 0.765. The highest BCUT2D eigenvalue weighted by molar-refractivity contribution is 5.90. The van der Waals surface area contributed by atoms with Crippen LogP contribution < -0.4 is 5.73 Å². The maximum atomic E-state index is 5.97. The normalized spacial score (nSPS) is 13.0. The van der Waals surface area contributed by atoms with Gasteiger partial charge in [-0.15, -0.1) is 0 Å². The summed E-state index contributed by atoms with van der Waals surface area (Å²) in [6.07, 6.45) is 3.19. The molecule has 2 N–H and O–H groups in total. The second kappa shape index (κ2) is 4.12. The van der Waals surface area contributed by atoms with E-state index in [9.17, 15) is 0 Å². The lowest BCUT2D eigenvalue weighted by Gasteiger charge is -2.14. The summed E-state index contributed by atoms with van der Waals surface area (Å²) >= 11 is 0. The molecule has 1 atom stereocenters. The van der Waals surface area contributed by atoms with Crippen molar-refractivity contribution in [2.45, 2.75) is 26.8 Å². The van der Waals surface area contributed by atoms with E-state index in [1.54, 1.807) is 6.26 Å². The molecular weight excluding hydrogens is 240 g/mol. The SMILES string of the molecule is Cc1c(C)n(C(C)c2ccco2)c2ncnc(N)c12. The maximum Gasteiger partial charge on any atom is 0.146 e. The molecule has 0 aliphatic rings. The van der Waals surface area contributed by atoms with Crippen LogP contribution in [0.4, 0.5) is 5.82 Å². The van der Waals surface area contributed by atoms with Crippen LogP contribution in [0.2, 0.25) is 0 Å². The van der Waals surface area contributed by atoms with Gasteiger partial charge in [0.2, 0.25) is 0 Å². The highest BCUT2D eigenvalue weighted by atomic mass is 16.3. The highest BCUT2D eigenvalue weighted by Gasteiger charge is 2.20. The summed E-state index contributed by atoms with van der Waals surface area (Å²) in [6, 6.07) is 3.93. The molecule has 19 heavy (non-hydrogen) atoms. The van der Waals surface area contributed by atoms with Crippen molar-refractivity contribution in [2.24, 2.45) is 0 Å². The molecule has 0 spiro atoms. The molecule has 98 valence electrons. The summed E-state index contributed by atoms with van der Waals surface area (Å²) in [5, 5.41) is 0.929. The smallest absolute Gasteiger partial charge is 0.146 e. The molecule has 0 aromatic carbocycles. The average Bonchev–Trinajstić information content (AvgIpc) is 2.99. The van der Waals surface area contributed by atoms with E-state index in [0.717, 1.165) is 28.1 Å². The van der Waals surface area contributed by atoms with Crippen molar-refractivity contribution in [1.82, 2.24) is 14.5 Å². The van der Waals surface area contributed by atoms with Gasteiger partial charge in [0.1, 0.15) is 23.6 Å². The van der Waals surface area contributed by atoms with Crippen LogP contribution in [0.15, 0.2) is 29.1 Å². The van der Waals surface area contributed by atoms with Crippen LogP contribution in [0, 0.1) is 13.8 Å². The zero-order chi connectivity index (χ0) is 13.6. The van der Waals surface area contributed by atoms with Crippen LogP contribution in [0.1, 0.15) is 30.0 Å². The van der Waals surface area contributed by atoms with Crippen LogP contribution in [-0.2, 0) is 0 Å². The largest absolute Gasteiger partial charge is 0.467 e. The minimum absolute atomic E-state index is 0.0699. The minimum atomic E-state index is 0.0699. The van der Waals surface area contributed by atoms with Crippen LogP contribution in [-0.4, -0.2) is 14.5 Å². The maximum absolute atomic E-state index is 5.97. The highest BCUT2D eigenvalue weighted by Crippen LogP contribution is 2.32. The van der Waals surface area contributed by atoms with E-state index in [2.05, 4.69) is 28.4 Å². The van der Waals surface area contributed by atoms with E-state index in [1.807, 2.05) is 19.1 Å². The number of furan rings is 1. The Balaban J connectivity index is 2.30. The van der Waals surface area contributed by atoms with Crippen molar-refractivity contribution in [3.8, 4) is 0 Å². The molecule has 0 saturated carbocycles. The van der Waals surface area contributed by atoms with Gasteiger partial charge in [0, 0.05) is 5.69 Å². The number of fused-ring (bicyclic) bond motifs is 1. The molecule has 0 amide bonds. The van der Waals surface area contributed by atoms with Crippen molar-refractivity contribution < 1.29 is 4.42 Å². The third-order valence-electron chi connectivity index (χ3n) is 3.71. The van der Waals surface area contributed by atoms with E-state index in [-0.39, 0.29) is 6.04 Å². The number of hydrogen-bond acceptors (Lipinski definition) is 4. The summed E-state index contributed by atoms with van der Waals surface area (Å²) in [5.41, 5.74) is 9.07. The van der Waals surface area contributed by atoms with Gasteiger partial charge in [-0.2, -0.15) is 0 Å². The molecule has 3 heterocycles. The first-order chi connectivity index (χ1) is 9.11. The molecule has 3 aromatic rings. The van der Waals surface area contributed by atoms with Gasteiger partial charge in [-0.3, -0.25) is 0 Å². The first-order valence-corrected chi connectivity index (χ1v) is 6.22. The lowest BCUT2D eigenvalue weighted by Crippen LogP contribution is -2.08. The van der Waals surface area contributed by atoms with Crippen LogP contribution in [0.25, 0.3) is 11.0 Å². The molecule has 5 nitrogen and oxygen atoms in total. The summed E-state index contributed by atoms with van der Waals surface area (Å²) in [7, 11) is 0. The van der Waals surface area contributed by atoms with E-state index < -0.39 is 0 Å². The number of aryl methyl sites for hydroxylation is 1. The lowest BCUT2D eigenvalue weighted by atomic mass is 10.2. The second-order valence-electron chi connectivity index (χ2n) is 4.73. The van der Waals surface area contributed by atoms with Gasteiger partial charge < -0.3 is 14.7 Å². The molecule has 0 aliphatic heterocycles. The lowest BCUT2D eigenvalue weighted by molar-refractivity contribution is 0.447. The summed E-state index contributed by atoms with van der Waals surface area (Å²) in [6.45, 7) is 6.20. The summed E-state index contributed by atoms with van der Waals surface area (Å²) < 4.78 is 7.64. The van der Waals surface area contributed by atoms with Crippen molar-refractivity contribution >= 4 is 16.9 Å².